The van der Waals surface area contributed by atoms with Gasteiger partial charge in [-0.05, 0) is 23.8 Å². The summed E-state index contributed by atoms with van der Waals surface area (Å²) in [5.41, 5.74) is 1.03. The molecule has 0 unspecified atom stereocenters. The van der Waals surface area contributed by atoms with Gasteiger partial charge in [0.1, 0.15) is 5.75 Å². The lowest BCUT2D eigenvalue weighted by Crippen LogP contribution is -2.20. The molecule has 0 bridgehead atoms. The number of hydrogen-bond acceptors (Lipinski definition) is 3. The molecule has 0 aromatic heterocycles. The van der Waals surface area contributed by atoms with Crippen LogP contribution in [0.5, 0.6) is 5.75 Å². The molecule has 0 saturated carbocycles. The number of hydrogen-bond donors (Lipinski definition) is 2. The van der Waals surface area contributed by atoms with E-state index in [-0.39, 0.29) is 0 Å². The average Bonchev–Trinajstić information content (AvgIpc) is 2.47. The van der Waals surface area contributed by atoms with Crippen LogP contribution < -0.4 is 10.1 Å². The molecule has 1 amide bonds. The smallest absolute Gasteiger partial charge is 0.257 e. The summed E-state index contributed by atoms with van der Waals surface area (Å²) in [5.74, 6) is 0.00528. The Hall–Kier alpha value is -2.04. The third-order valence-electron chi connectivity index (χ3n) is 2.78. The van der Waals surface area contributed by atoms with Crippen molar-refractivity contribution in [1.82, 2.24) is 0 Å². The molecular formula is C15H14ClNO3. The molecule has 4 nitrogen and oxygen atoms in total. The molecule has 5 heteroatoms. The van der Waals surface area contributed by atoms with E-state index in [1.165, 1.54) is 7.11 Å². The van der Waals surface area contributed by atoms with Crippen LogP contribution in [0.2, 0.25) is 5.02 Å². The second-order valence-corrected chi connectivity index (χ2v) is 4.56. The van der Waals surface area contributed by atoms with Crippen molar-refractivity contribution >= 4 is 23.2 Å². The minimum Gasteiger partial charge on any atom is -0.495 e. The summed E-state index contributed by atoms with van der Waals surface area (Å²) in [5, 5.41) is 12.9. The molecule has 1 atom stereocenters. The van der Waals surface area contributed by atoms with Crippen molar-refractivity contribution in [3.8, 4) is 5.75 Å². The third-order valence-corrected chi connectivity index (χ3v) is 3.08. The number of halogens is 1. The van der Waals surface area contributed by atoms with Gasteiger partial charge in [0.25, 0.3) is 5.91 Å². The van der Waals surface area contributed by atoms with Crippen LogP contribution in [0.3, 0.4) is 0 Å². The normalized spacial score (nSPS) is 11.8. The summed E-state index contributed by atoms with van der Waals surface area (Å²) in [6.07, 6.45) is -1.22. The van der Waals surface area contributed by atoms with Gasteiger partial charge >= 0.3 is 0 Å². The highest BCUT2D eigenvalue weighted by Crippen LogP contribution is 2.27. The first-order valence-corrected chi connectivity index (χ1v) is 6.37. The second-order valence-electron chi connectivity index (χ2n) is 4.15. The Balaban J connectivity index is 2.10. The number of rotatable bonds is 4. The number of amides is 1. The molecule has 0 radical (unpaired) electrons. The number of carbonyl (C=O) groups is 1. The molecule has 0 aliphatic carbocycles. The minimum absolute atomic E-state index is 0.388. The molecule has 104 valence electrons. The lowest BCUT2D eigenvalue weighted by molar-refractivity contribution is -0.124. The quantitative estimate of drug-likeness (QED) is 0.910. The minimum atomic E-state index is -1.22. The van der Waals surface area contributed by atoms with Crippen LogP contribution in [-0.2, 0) is 4.79 Å². The fourth-order valence-corrected chi connectivity index (χ4v) is 2.00. The van der Waals surface area contributed by atoms with Crippen LogP contribution in [0.15, 0.2) is 48.5 Å². The number of anilines is 1. The van der Waals surface area contributed by atoms with Gasteiger partial charge in [-0.15, -0.1) is 0 Å². The molecule has 0 fully saturated rings. The number of benzene rings is 2. The molecule has 0 heterocycles. The highest BCUT2D eigenvalue weighted by atomic mass is 35.5. The summed E-state index contributed by atoms with van der Waals surface area (Å²) in [6.45, 7) is 0. The monoisotopic (exact) mass is 291 g/mol. The lowest BCUT2D eigenvalue weighted by atomic mass is 10.1. The number of nitrogens with one attached hydrogen (secondary N) is 1. The largest absolute Gasteiger partial charge is 0.495 e. The predicted molar refractivity (Wildman–Crippen MR) is 78.0 cm³/mol. The van der Waals surface area contributed by atoms with Crippen molar-refractivity contribution in [2.45, 2.75) is 6.10 Å². The van der Waals surface area contributed by atoms with Gasteiger partial charge < -0.3 is 15.2 Å². The zero-order valence-corrected chi connectivity index (χ0v) is 11.6. The Morgan fingerprint density at radius 2 is 1.95 bits per heavy atom. The molecule has 2 N–H and O–H groups in total. The van der Waals surface area contributed by atoms with Gasteiger partial charge in [0, 0.05) is 5.69 Å². The van der Waals surface area contributed by atoms with Crippen molar-refractivity contribution in [2.75, 3.05) is 12.4 Å². The number of aliphatic hydroxyl groups is 1. The summed E-state index contributed by atoms with van der Waals surface area (Å²) in [7, 11) is 1.51. The SMILES string of the molecule is COc1ccc(NC(=O)[C@H](O)c2ccccc2)cc1Cl. The zero-order chi connectivity index (χ0) is 14.5. The van der Waals surface area contributed by atoms with Crippen LogP contribution >= 0.6 is 11.6 Å². The van der Waals surface area contributed by atoms with Crippen LogP contribution in [0.1, 0.15) is 11.7 Å². The highest BCUT2D eigenvalue weighted by molar-refractivity contribution is 6.32. The van der Waals surface area contributed by atoms with Crippen LogP contribution in [0, 0.1) is 0 Å². The van der Waals surface area contributed by atoms with E-state index in [4.69, 9.17) is 16.3 Å². The van der Waals surface area contributed by atoms with Crippen molar-refractivity contribution in [3.05, 3.63) is 59.1 Å². The second kappa shape index (κ2) is 6.41. The molecule has 2 aromatic carbocycles. The first-order valence-electron chi connectivity index (χ1n) is 5.99. The molecule has 0 spiro atoms. The van der Waals surface area contributed by atoms with E-state index in [1.807, 2.05) is 6.07 Å². The van der Waals surface area contributed by atoms with Gasteiger partial charge in [-0.25, -0.2) is 0 Å². The van der Waals surface area contributed by atoms with E-state index in [0.29, 0.717) is 22.0 Å². The fraction of sp³-hybridized carbons (Fsp3) is 0.133. The van der Waals surface area contributed by atoms with Crippen LogP contribution in [0.4, 0.5) is 5.69 Å². The van der Waals surface area contributed by atoms with Gasteiger partial charge in [-0.3, -0.25) is 4.79 Å². The van der Waals surface area contributed by atoms with Crippen molar-refractivity contribution in [1.29, 1.82) is 0 Å². The van der Waals surface area contributed by atoms with Gasteiger partial charge in [0.05, 0.1) is 12.1 Å². The van der Waals surface area contributed by atoms with Crippen molar-refractivity contribution in [2.24, 2.45) is 0 Å². The van der Waals surface area contributed by atoms with Gasteiger partial charge in [0.15, 0.2) is 6.10 Å². The van der Waals surface area contributed by atoms with Crippen molar-refractivity contribution in [3.63, 3.8) is 0 Å². The lowest BCUT2D eigenvalue weighted by Gasteiger charge is -2.12. The molecular weight excluding hydrogens is 278 g/mol. The average molecular weight is 292 g/mol. The number of ether oxygens (including phenoxy) is 1. The molecule has 0 saturated heterocycles. The van der Waals surface area contributed by atoms with E-state index in [1.54, 1.807) is 42.5 Å². The Labute approximate surface area is 122 Å². The molecule has 0 aliphatic rings. The Morgan fingerprint density at radius 1 is 1.25 bits per heavy atom. The first-order chi connectivity index (χ1) is 9.61. The maximum absolute atomic E-state index is 11.9. The van der Waals surface area contributed by atoms with Gasteiger partial charge in [-0.2, -0.15) is 0 Å². The highest BCUT2D eigenvalue weighted by Gasteiger charge is 2.17. The number of carbonyl (C=O) groups excluding carboxylic acids is 1. The van der Waals surface area contributed by atoms with Gasteiger partial charge in [-0.1, -0.05) is 41.9 Å². The Bertz CT molecular complexity index is 601. The number of methoxy groups -OCH3 is 1. The zero-order valence-electron chi connectivity index (χ0n) is 10.8. The van der Waals surface area contributed by atoms with Crippen molar-refractivity contribution < 1.29 is 14.6 Å². The topological polar surface area (TPSA) is 58.6 Å². The molecule has 2 aromatic rings. The summed E-state index contributed by atoms with van der Waals surface area (Å²) >= 11 is 5.97. The van der Waals surface area contributed by atoms with Crippen LogP contribution in [0.25, 0.3) is 0 Å². The molecule has 0 aliphatic heterocycles. The standard InChI is InChI=1S/C15H14ClNO3/c1-20-13-8-7-11(9-12(13)16)17-15(19)14(18)10-5-3-2-4-6-10/h2-9,14,18H,1H3,(H,17,19)/t14-/m1/s1. The van der Waals surface area contributed by atoms with E-state index >= 15 is 0 Å². The number of aliphatic hydroxyl groups excluding tert-OH is 1. The Kier molecular flexibility index (Phi) is 4.61. The molecule has 2 rings (SSSR count). The summed E-state index contributed by atoms with van der Waals surface area (Å²) in [6, 6.07) is 13.6. The van der Waals surface area contributed by atoms with Crippen LogP contribution in [-0.4, -0.2) is 18.1 Å². The first kappa shape index (κ1) is 14.4. The predicted octanol–water partition coefficient (Wildman–Crippen LogP) is 3.02. The maximum Gasteiger partial charge on any atom is 0.257 e. The molecule has 20 heavy (non-hydrogen) atoms. The third kappa shape index (κ3) is 3.29. The van der Waals surface area contributed by atoms with E-state index in [2.05, 4.69) is 5.32 Å². The van der Waals surface area contributed by atoms with E-state index in [0.717, 1.165) is 0 Å². The van der Waals surface area contributed by atoms with E-state index < -0.39 is 12.0 Å². The summed E-state index contributed by atoms with van der Waals surface area (Å²) < 4.78 is 5.03. The maximum atomic E-state index is 11.9. The Morgan fingerprint density at radius 3 is 2.55 bits per heavy atom. The fourth-order valence-electron chi connectivity index (χ4n) is 1.74. The van der Waals surface area contributed by atoms with E-state index in [9.17, 15) is 9.90 Å². The summed E-state index contributed by atoms with van der Waals surface area (Å²) in [4.78, 5) is 11.9. The van der Waals surface area contributed by atoms with Gasteiger partial charge in [0.2, 0.25) is 0 Å².